The van der Waals surface area contributed by atoms with Crippen molar-refractivity contribution in [1.82, 2.24) is 4.90 Å². The summed E-state index contributed by atoms with van der Waals surface area (Å²) in [6.07, 6.45) is 0.379. The van der Waals surface area contributed by atoms with Crippen LogP contribution in [0.15, 0.2) is 12.1 Å². The number of carboxylic acid groups (broad SMARTS) is 1. The van der Waals surface area contributed by atoms with Crippen molar-refractivity contribution < 1.29 is 19.5 Å². The average Bonchev–Trinajstić information content (AvgIpc) is 2.97. The molecule has 1 atom stereocenters. The smallest absolute Gasteiger partial charge is 0.336 e. The highest BCUT2D eigenvalue weighted by Crippen LogP contribution is 2.28. The fourth-order valence-corrected chi connectivity index (χ4v) is 4.07. The Hall–Kier alpha value is -2.02. The van der Waals surface area contributed by atoms with Crippen LogP contribution >= 0.6 is 11.8 Å². The zero-order valence-corrected chi connectivity index (χ0v) is 16.7. The SMILES string of the molecule is Cc1cc(C)c(C(=O)O)cc1NC(=O)C1CSCN1C(=O)CC(C)(C)C. The molecule has 1 heterocycles. The predicted octanol–water partition coefficient (Wildman–Crippen LogP) is 3.28. The molecule has 1 fully saturated rings. The largest absolute Gasteiger partial charge is 0.478 e. The molecule has 1 aromatic carbocycles. The van der Waals surface area contributed by atoms with Crippen molar-refractivity contribution in [2.24, 2.45) is 5.41 Å². The fraction of sp³-hybridized carbons (Fsp3) is 0.526. The van der Waals surface area contributed by atoms with Gasteiger partial charge in [-0.1, -0.05) is 26.8 Å². The Morgan fingerprint density at radius 2 is 1.88 bits per heavy atom. The van der Waals surface area contributed by atoms with Gasteiger partial charge < -0.3 is 15.3 Å². The number of aryl methyl sites for hydroxylation is 2. The van der Waals surface area contributed by atoms with E-state index in [0.717, 1.165) is 5.56 Å². The van der Waals surface area contributed by atoms with Gasteiger partial charge in [0.15, 0.2) is 0 Å². The molecule has 0 spiro atoms. The summed E-state index contributed by atoms with van der Waals surface area (Å²) in [7, 11) is 0. The molecule has 0 radical (unpaired) electrons. The van der Waals surface area contributed by atoms with E-state index >= 15 is 0 Å². The molecule has 0 bridgehead atoms. The first-order chi connectivity index (χ1) is 12.0. The summed E-state index contributed by atoms with van der Waals surface area (Å²) in [4.78, 5) is 38.2. The van der Waals surface area contributed by atoms with Gasteiger partial charge in [-0.3, -0.25) is 9.59 Å². The first-order valence-corrected chi connectivity index (χ1v) is 9.67. The van der Waals surface area contributed by atoms with E-state index in [0.29, 0.717) is 29.3 Å². The third-order valence-corrected chi connectivity index (χ3v) is 5.26. The Morgan fingerprint density at radius 3 is 2.46 bits per heavy atom. The number of aromatic carboxylic acids is 1. The van der Waals surface area contributed by atoms with Crippen LogP contribution < -0.4 is 5.32 Å². The number of carboxylic acids is 1. The van der Waals surface area contributed by atoms with Crippen LogP contribution in [0.5, 0.6) is 0 Å². The number of benzene rings is 1. The van der Waals surface area contributed by atoms with Crippen molar-refractivity contribution in [3.05, 3.63) is 28.8 Å². The molecule has 1 aliphatic rings. The zero-order valence-electron chi connectivity index (χ0n) is 15.9. The van der Waals surface area contributed by atoms with Gasteiger partial charge in [0.1, 0.15) is 6.04 Å². The number of anilines is 1. The first kappa shape index (κ1) is 20.3. The Labute approximate surface area is 158 Å². The molecule has 1 saturated heterocycles. The maximum atomic E-state index is 12.7. The summed E-state index contributed by atoms with van der Waals surface area (Å²) in [5.41, 5.74) is 1.92. The van der Waals surface area contributed by atoms with Crippen molar-refractivity contribution in [2.75, 3.05) is 16.9 Å². The fourth-order valence-electron chi connectivity index (χ4n) is 2.89. The maximum Gasteiger partial charge on any atom is 0.336 e. The third kappa shape index (κ3) is 4.78. The summed E-state index contributed by atoms with van der Waals surface area (Å²) in [5.74, 6) is -0.301. The van der Waals surface area contributed by atoms with E-state index < -0.39 is 12.0 Å². The molecule has 0 aliphatic carbocycles. The van der Waals surface area contributed by atoms with Crippen LogP contribution in [0.4, 0.5) is 5.69 Å². The topological polar surface area (TPSA) is 86.7 Å². The molecule has 1 aliphatic heterocycles. The normalized spacial score (nSPS) is 17.3. The minimum Gasteiger partial charge on any atom is -0.478 e. The minimum atomic E-state index is -1.03. The number of nitrogens with one attached hydrogen (secondary N) is 1. The van der Waals surface area contributed by atoms with Crippen LogP contribution in [-0.4, -0.2) is 45.5 Å². The maximum absolute atomic E-state index is 12.7. The molecule has 1 unspecified atom stereocenters. The highest BCUT2D eigenvalue weighted by molar-refractivity contribution is 7.99. The highest BCUT2D eigenvalue weighted by Gasteiger charge is 2.36. The van der Waals surface area contributed by atoms with Crippen molar-refractivity contribution in [3.8, 4) is 0 Å². The second-order valence-electron chi connectivity index (χ2n) is 7.89. The summed E-state index contributed by atoms with van der Waals surface area (Å²) >= 11 is 1.55. The lowest BCUT2D eigenvalue weighted by Gasteiger charge is -2.27. The number of amides is 2. The highest BCUT2D eigenvalue weighted by atomic mass is 32.2. The van der Waals surface area contributed by atoms with E-state index in [4.69, 9.17) is 0 Å². The molecule has 1 aromatic rings. The number of hydrogen-bond donors (Lipinski definition) is 2. The van der Waals surface area contributed by atoms with Crippen LogP contribution in [0.1, 0.15) is 48.7 Å². The summed E-state index contributed by atoms with van der Waals surface area (Å²) in [6.45, 7) is 9.52. The summed E-state index contributed by atoms with van der Waals surface area (Å²) in [6, 6.07) is 2.68. The second kappa shape index (κ2) is 7.70. The summed E-state index contributed by atoms with van der Waals surface area (Å²) in [5, 5.41) is 12.1. The lowest BCUT2D eigenvalue weighted by atomic mass is 9.91. The van der Waals surface area contributed by atoms with E-state index in [9.17, 15) is 19.5 Å². The lowest BCUT2D eigenvalue weighted by Crippen LogP contribution is -2.45. The molecule has 7 heteroatoms. The number of nitrogens with zero attached hydrogens (tertiary/aromatic N) is 1. The lowest BCUT2D eigenvalue weighted by molar-refractivity contribution is -0.137. The van der Waals surface area contributed by atoms with Crippen LogP contribution in [0.2, 0.25) is 0 Å². The Bertz CT molecular complexity index is 740. The van der Waals surface area contributed by atoms with Crippen LogP contribution in [0, 0.1) is 19.3 Å². The standard InChI is InChI=1S/C19H26N2O4S/c1-11-6-12(2)14(7-13(11)18(24)25)20-17(23)15-9-26-10-21(15)16(22)8-19(3,4)5/h6-7,15H,8-10H2,1-5H3,(H,20,23)(H,24,25). The molecule has 0 saturated carbocycles. The molecule has 2 rings (SSSR count). The van der Waals surface area contributed by atoms with Gasteiger partial charge in [-0.05, 0) is 36.5 Å². The second-order valence-corrected chi connectivity index (χ2v) is 8.89. The van der Waals surface area contributed by atoms with Gasteiger partial charge in [0.05, 0.1) is 11.4 Å². The molecule has 2 N–H and O–H groups in total. The number of thioether (sulfide) groups is 1. The van der Waals surface area contributed by atoms with Gasteiger partial charge in [0.25, 0.3) is 0 Å². The number of carbonyl (C=O) groups is 3. The van der Waals surface area contributed by atoms with Crippen molar-refractivity contribution in [3.63, 3.8) is 0 Å². The van der Waals surface area contributed by atoms with Crippen LogP contribution in [0.25, 0.3) is 0 Å². The van der Waals surface area contributed by atoms with Gasteiger partial charge >= 0.3 is 5.97 Å². The van der Waals surface area contributed by atoms with E-state index in [1.54, 1.807) is 29.7 Å². The van der Waals surface area contributed by atoms with Crippen LogP contribution in [0.3, 0.4) is 0 Å². The predicted molar refractivity (Wildman–Crippen MR) is 104 cm³/mol. The zero-order chi connectivity index (χ0) is 19.6. The molecule has 26 heavy (non-hydrogen) atoms. The monoisotopic (exact) mass is 378 g/mol. The average molecular weight is 378 g/mol. The van der Waals surface area contributed by atoms with Gasteiger partial charge in [-0.2, -0.15) is 0 Å². The molecule has 0 aromatic heterocycles. The quantitative estimate of drug-likeness (QED) is 0.840. The number of hydrogen-bond acceptors (Lipinski definition) is 4. The van der Waals surface area contributed by atoms with E-state index in [-0.39, 0.29) is 22.8 Å². The third-order valence-electron chi connectivity index (χ3n) is 4.25. The molecular weight excluding hydrogens is 352 g/mol. The van der Waals surface area contributed by atoms with Crippen molar-refractivity contribution in [2.45, 2.75) is 47.1 Å². The van der Waals surface area contributed by atoms with Crippen molar-refractivity contribution >= 4 is 35.2 Å². The Morgan fingerprint density at radius 1 is 1.23 bits per heavy atom. The summed E-state index contributed by atoms with van der Waals surface area (Å²) < 4.78 is 0. The van der Waals surface area contributed by atoms with Gasteiger partial charge in [0.2, 0.25) is 11.8 Å². The van der Waals surface area contributed by atoms with E-state index in [1.807, 2.05) is 27.7 Å². The van der Waals surface area contributed by atoms with Gasteiger partial charge in [0, 0.05) is 17.9 Å². The van der Waals surface area contributed by atoms with E-state index in [1.165, 1.54) is 6.07 Å². The first-order valence-electron chi connectivity index (χ1n) is 8.52. The molecule has 142 valence electrons. The number of rotatable bonds is 4. The Balaban J connectivity index is 2.18. The van der Waals surface area contributed by atoms with Gasteiger partial charge in [-0.25, -0.2) is 4.79 Å². The number of carbonyl (C=O) groups excluding carboxylic acids is 2. The minimum absolute atomic E-state index is 0.0329. The Kier molecular flexibility index (Phi) is 6.01. The van der Waals surface area contributed by atoms with Crippen LogP contribution in [-0.2, 0) is 9.59 Å². The van der Waals surface area contributed by atoms with Crippen molar-refractivity contribution in [1.29, 1.82) is 0 Å². The molecular formula is C19H26N2O4S. The van der Waals surface area contributed by atoms with Gasteiger partial charge in [-0.15, -0.1) is 11.8 Å². The van der Waals surface area contributed by atoms with E-state index in [2.05, 4.69) is 5.32 Å². The molecule has 6 nitrogen and oxygen atoms in total. The molecule has 2 amide bonds.